The lowest BCUT2D eigenvalue weighted by Crippen LogP contribution is -2.11. The van der Waals surface area contributed by atoms with E-state index in [2.05, 4.69) is 15.3 Å². The first-order valence-corrected chi connectivity index (χ1v) is 7.87. The van der Waals surface area contributed by atoms with Gasteiger partial charge in [-0.2, -0.15) is 0 Å². The Morgan fingerprint density at radius 3 is 2.70 bits per heavy atom. The van der Waals surface area contributed by atoms with Gasteiger partial charge in [-0.05, 0) is 42.8 Å². The highest BCUT2D eigenvalue weighted by Crippen LogP contribution is 2.28. The standard InChI is InChI=1S/C17H15N3O2S/c1-11-9-13(3-4-15(11)22-2)14-10-23-17(19-14)20-16(21)12-5-7-18-8-6-12/h3-10H,1-2H3,(H,19,20,21). The molecule has 1 aromatic carbocycles. The number of amides is 1. The van der Waals surface area contributed by atoms with Crippen LogP contribution in [0.4, 0.5) is 5.13 Å². The molecule has 0 bridgehead atoms. The number of nitrogens with one attached hydrogen (secondary N) is 1. The number of anilines is 1. The fourth-order valence-corrected chi connectivity index (χ4v) is 2.89. The molecule has 3 aromatic rings. The van der Waals surface area contributed by atoms with Gasteiger partial charge < -0.3 is 4.74 Å². The lowest BCUT2D eigenvalue weighted by atomic mass is 10.1. The van der Waals surface area contributed by atoms with Gasteiger partial charge in [0, 0.05) is 28.9 Å². The Hall–Kier alpha value is -2.73. The van der Waals surface area contributed by atoms with Crippen LogP contribution in [0.5, 0.6) is 5.75 Å². The topological polar surface area (TPSA) is 64.1 Å². The van der Waals surface area contributed by atoms with Gasteiger partial charge in [-0.25, -0.2) is 4.98 Å². The average molecular weight is 325 g/mol. The third kappa shape index (κ3) is 3.37. The second-order valence-corrected chi connectivity index (χ2v) is 5.77. The molecule has 0 spiro atoms. The van der Waals surface area contributed by atoms with Crippen molar-refractivity contribution in [3.05, 3.63) is 59.2 Å². The molecule has 3 rings (SSSR count). The van der Waals surface area contributed by atoms with Gasteiger partial charge in [-0.1, -0.05) is 0 Å². The molecule has 1 N–H and O–H groups in total. The number of methoxy groups -OCH3 is 1. The SMILES string of the molecule is COc1ccc(-c2csc(NC(=O)c3ccncc3)n2)cc1C. The molecule has 1 amide bonds. The van der Waals surface area contributed by atoms with Crippen LogP contribution >= 0.6 is 11.3 Å². The summed E-state index contributed by atoms with van der Waals surface area (Å²) in [7, 11) is 1.65. The molecular weight excluding hydrogens is 310 g/mol. The summed E-state index contributed by atoms with van der Waals surface area (Å²) in [6.07, 6.45) is 3.17. The number of carbonyl (C=O) groups is 1. The van der Waals surface area contributed by atoms with E-state index in [1.165, 1.54) is 11.3 Å². The number of thiazole rings is 1. The Kier molecular flexibility index (Phi) is 4.34. The number of aromatic nitrogens is 2. The third-order valence-electron chi connectivity index (χ3n) is 3.36. The van der Waals surface area contributed by atoms with E-state index in [4.69, 9.17) is 4.74 Å². The van der Waals surface area contributed by atoms with E-state index < -0.39 is 0 Å². The molecule has 2 aromatic heterocycles. The van der Waals surface area contributed by atoms with Crippen LogP contribution in [-0.2, 0) is 0 Å². The summed E-state index contributed by atoms with van der Waals surface area (Å²) < 4.78 is 5.26. The zero-order valence-electron chi connectivity index (χ0n) is 12.7. The molecule has 2 heterocycles. The van der Waals surface area contributed by atoms with Gasteiger partial charge in [-0.15, -0.1) is 11.3 Å². The van der Waals surface area contributed by atoms with Crippen LogP contribution < -0.4 is 10.1 Å². The number of rotatable bonds is 4. The Balaban J connectivity index is 1.78. The monoisotopic (exact) mass is 325 g/mol. The number of aryl methyl sites for hydroxylation is 1. The van der Waals surface area contributed by atoms with Crippen LogP contribution in [0.25, 0.3) is 11.3 Å². The first-order valence-electron chi connectivity index (χ1n) is 6.99. The fraction of sp³-hybridized carbons (Fsp3) is 0.118. The van der Waals surface area contributed by atoms with Crippen molar-refractivity contribution in [1.29, 1.82) is 0 Å². The zero-order chi connectivity index (χ0) is 16.2. The lowest BCUT2D eigenvalue weighted by molar-refractivity contribution is 0.102. The van der Waals surface area contributed by atoms with E-state index in [0.29, 0.717) is 10.7 Å². The number of carbonyl (C=O) groups excluding carboxylic acids is 1. The molecule has 0 fully saturated rings. The van der Waals surface area contributed by atoms with Gasteiger partial charge in [0.25, 0.3) is 5.91 Å². The zero-order valence-corrected chi connectivity index (χ0v) is 13.6. The maximum absolute atomic E-state index is 12.1. The van der Waals surface area contributed by atoms with Crippen molar-refractivity contribution in [2.24, 2.45) is 0 Å². The van der Waals surface area contributed by atoms with Gasteiger partial charge in [0.05, 0.1) is 12.8 Å². The van der Waals surface area contributed by atoms with E-state index in [1.54, 1.807) is 31.6 Å². The Morgan fingerprint density at radius 1 is 1.22 bits per heavy atom. The first-order chi connectivity index (χ1) is 11.2. The van der Waals surface area contributed by atoms with Gasteiger partial charge in [-0.3, -0.25) is 15.1 Å². The number of nitrogens with zero attached hydrogens (tertiary/aromatic N) is 2. The number of pyridine rings is 1. The third-order valence-corrected chi connectivity index (χ3v) is 4.12. The highest BCUT2D eigenvalue weighted by Gasteiger charge is 2.10. The van der Waals surface area contributed by atoms with Crippen LogP contribution in [0, 0.1) is 6.92 Å². The van der Waals surface area contributed by atoms with E-state index in [-0.39, 0.29) is 5.91 Å². The summed E-state index contributed by atoms with van der Waals surface area (Å²) in [6.45, 7) is 1.99. The van der Waals surface area contributed by atoms with Gasteiger partial charge in [0.15, 0.2) is 5.13 Å². The van der Waals surface area contributed by atoms with Crippen molar-refractivity contribution in [2.45, 2.75) is 6.92 Å². The molecule has 0 unspecified atom stereocenters. The number of benzene rings is 1. The average Bonchev–Trinajstić information content (AvgIpc) is 3.04. The number of hydrogen-bond donors (Lipinski definition) is 1. The van der Waals surface area contributed by atoms with Gasteiger partial charge in [0.2, 0.25) is 0 Å². The normalized spacial score (nSPS) is 10.3. The van der Waals surface area contributed by atoms with E-state index in [1.807, 2.05) is 30.5 Å². The lowest BCUT2D eigenvalue weighted by Gasteiger charge is -2.05. The minimum Gasteiger partial charge on any atom is -0.496 e. The van der Waals surface area contributed by atoms with Crippen LogP contribution in [0.3, 0.4) is 0 Å². The number of ether oxygens (including phenoxy) is 1. The van der Waals surface area contributed by atoms with Crippen molar-refractivity contribution < 1.29 is 9.53 Å². The summed E-state index contributed by atoms with van der Waals surface area (Å²) in [5.74, 6) is 0.648. The Bertz CT molecular complexity index is 831. The first kappa shape index (κ1) is 15.2. The van der Waals surface area contributed by atoms with E-state index in [0.717, 1.165) is 22.6 Å². The Morgan fingerprint density at radius 2 is 2.00 bits per heavy atom. The van der Waals surface area contributed by atoms with Crippen molar-refractivity contribution >= 4 is 22.4 Å². The second kappa shape index (κ2) is 6.58. The highest BCUT2D eigenvalue weighted by molar-refractivity contribution is 7.14. The summed E-state index contributed by atoms with van der Waals surface area (Å²) in [5.41, 5.74) is 3.41. The van der Waals surface area contributed by atoms with Crippen LogP contribution in [0.1, 0.15) is 15.9 Å². The molecule has 0 radical (unpaired) electrons. The van der Waals surface area contributed by atoms with E-state index >= 15 is 0 Å². The Labute approximate surface area is 138 Å². The molecule has 0 atom stereocenters. The molecule has 23 heavy (non-hydrogen) atoms. The van der Waals surface area contributed by atoms with Crippen molar-refractivity contribution in [1.82, 2.24) is 9.97 Å². The quantitative estimate of drug-likeness (QED) is 0.793. The maximum Gasteiger partial charge on any atom is 0.257 e. The molecule has 6 heteroatoms. The summed E-state index contributed by atoms with van der Waals surface area (Å²) >= 11 is 1.39. The highest BCUT2D eigenvalue weighted by atomic mass is 32.1. The van der Waals surface area contributed by atoms with Gasteiger partial charge >= 0.3 is 0 Å². The molecule has 0 aliphatic rings. The van der Waals surface area contributed by atoms with Crippen molar-refractivity contribution in [2.75, 3.05) is 12.4 Å². The van der Waals surface area contributed by atoms with Crippen LogP contribution in [0.2, 0.25) is 0 Å². The van der Waals surface area contributed by atoms with Gasteiger partial charge in [0.1, 0.15) is 5.75 Å². The van der Waals surface area contributed by atoms with E-state index in [9.17, 15) is 4.79 Å². The molecule has 0 aliphatic heterocycles. The van der Waals surface area contributed by atoms with Crippen molar-refractivity contribution in [3.63, 3.8) is 0 Å². The second-order valence-electron chi connectivity index (χ2n) is 4.91. The molecule has 0 aliphatic carbocycles. The van der Waals surface area contributed by atoms with Crippen LogP contribution in [0.15, 0.2) is 48.1 Å². The molecule has 0 saturated carbocycles. The minimum atomic E-state index is -0.195. The molecule has 0 saturated heterocycles. The molecule has 116 valence electrons. The minimum absolute atomic E-state index is 0.195. The van der Waals surface area contributed by atoms with Crippen molar-refractivity contribution in [3.8, 4) is 17.0 Å². The predicted molar refractivity (Wildman–Crippen MR) is 91.0 cm³/mol. The molecular formula is C17H15N3O2S. The number of hydrogen-bond acceptors (Lipinski definition) is 5. The summed E-state index contributed by atoms with van der Waals surface area (Å²) in [6, 6.07) is 9.21. The fourth-order valence-electron chi connectivity index (χ4n) is 2.17. The summed E-state index contributed by atoms with van der Waals surface area (Å²) in [5, 5.41) is 5.29. The largest absolute Gasteiger partial charge is 0.496 e. The summed E-state index contributed by atoms with van der Waals surface area (Å²) in [4.78, 5) is 20.5. The smallest absolute Gasteiger partial charge is 0.257 e. The predicted octanol–water partition coefficient (Wildman–Crippen LogP) is 3.77. The molecule has 5 nitrogen and oxygen atoms in total. The van der Waals surface area contributed by atoms with Crippen LogP contribution in [-0.4, -0.2) is 23.0 Å². The maximum atomic E-state index is 12.1.